The maximum Gasteiger partial charge on any atom is 0.321 e. The van der Waals surface area contributed by atoms with Gasteiger partial charge in [-0.05, 0) is 44.0 Å². The van der Waals surface area contributed by atoms with Crippen molar-refractivity contribution in [2.45, 2.75) is 25.3 Å². The van der Waals surface area contributed by atoms with Gasteiger partial charge in [0.2, 0.25) is 5.91 Å². The summed E-state index contributed by atoms with van der Waals surface area (Å²) in [6.45, 7) is 2.32. The third-order valence-corrected chi connectivity index (χ3v) is 3.88. The molecule has 0 saturated carbocycles. The fourth-order valence-corrected chi connectivity index (χ4v) is 2.77. The highest BCUT2D eigenvalue weighted by Gasteiger charge is 2.23. The Morgan fingerprint density at radius 1 is 1.29 bits per heavy atom. The molecule has 2 heterocycles. The van der Waals surface area contributed by atoms with Crippen molar-refractivity contribution in [2.75, 3.05) is 29.9 Å². The van der Waals surface area contributed by atoms with Crippen LogP contribution in [0.1, 0.15) is 19.3 Å². The van der Waals surface area contributed by atoms with Crippen molar-refractivity contribution in [3.63, 3.8) is 0 Å². The van der Waals surface area contributed by atoms with Crippen LogP contribution in [0.15, 0.2) is 24.3 Å². The number of carbonyl (C=O) groups excluding carboxylic acids is 2. The van der Waals surface area contributed by atoms with Crippen LogP contribution in [0.2, 0.25) is 0 Å². The second-order valence-corrected chi connectivity index (χ2v) is 5.43. The molecule has 3 N–H and O–H groups in total. The van der Waals surface area contributed by atoms with Crippen molar-refractivity contribution in [2.24, 2.45) is 0 Å². The number of nitrogens with zero attached hydrogens (tertiary/aromatic N) is 1. The normalized spacial score (nSPS) is 22.0. The minimum atomic E-state index is -0.105. The van der Waals surface area contributed by atoms with Crippen molar-refractivity contribution < 1.29 is 9.59 Å². The van der Waals surface area contributed by atoms with E-state index in [2.05, 4.69) is 16.0 Å². The van der Waals surface area contributed by atoms with Gasteiger partial charge in [-0.2, -0.15) is 0 Å². The Balaban J connectivity index is 1.70. The first kappa shape index (κ1) is 13.9. The van der Waals surface area contributed by atoms with E-state index in [0.717, 1.165) is 43.7 Å². The summed E-state index contributed by atoms with van der Waals surface area (Å²) in [7, 11) is 0. The minimum Gasteiger partial charge on any atom is -0.338 e. The Hall–Kier alpha value is -2.08. The number of benzene rings is 1. The number of anilines is 2. The second-order valence-electron chi connectivity index (χ2n) is 5.43. The molecular weight excluding hydrogens is 268 g/mol. The molecule has 21 heavy (non-hydrogen) atoms. The fourth-order valence-electron chi connectivity index (χ4n) is 2.77. The zero-order valence-electron chi connectivity index (χ0n) is 11.9. The third kappa shape index (κ3) is 3.16. The van der Waals surface area contributed by atoms with E-state index in [0.29, 0.717) is 6.54 Å². The Bertz CT molecular complexity index is 540. The lowest BCUT2D eigenvalue weighted by Crippen LogP contribution is -2.46. The van der Waals surface area contributed by atoms with E-state index in [9.17, 15) is 9.59 Å². The highest BCUT2D eigenvalue weighted by Crippen LogP contribution is 2.21. The first-order chi connectivity index (χ1) is 10.2. The molecule has 0 radical (unpaired) electrons. The van der Waals surface area contributed by atoms with Crippen molar-refractivity contribution >= 4 is 23.3 Å². The van der Waals surface area contributed by atoms with Crippen LogP contribution in [0.3, 0.4) is 0 Å². The largest absolute Gasteiger partial charge is 0.338 e. The van der Waals surface area contributed by atoms with Crippen LogP contribution in [0.25, 0.3) is 0 Å². The molecule has 112 valence electrons. The molecule has 1 unspecified atom stereocenters. The SMILES string of the molecule is O=C(Nc1cccc(N2CCCNC2=O)c1)C1CCCN1. The van der Waals surface area contributed by atoms with E-state index in [1.54, 1.807) is 4.90 Å². The van der Waals surface area contributed by atoms with E-state index in [1.807, 2.05) is 24.3 Å². The Morgan fingerprint density at radius 3 is 2.95 bits per heavy atom. The lowest BCUT2D eigenvalue weighted by Gasteiger charge is -2.27. The van der Waals surface area contributed by atoms with Gasteiger partial charge in [-0.1, -0.05) is 6.07 Å². The van der Waals surface area contributed by atoms with Gasteiger partial charge in [-0.3, -0.25) is 9.69 Å². The number of nitrogens with one attached hydrogen (secondary N) is 3. The average Bonchev–Trinajstić information content (AvgIpc) is 3.02. The quantitative estimate of drug-likeness (QED) is 0.785. The molecule has 1 aromatic carbocycles. The van der Waals surface area contributed by atoms with Gasteiger partial charge in [0.15, 0.2) is 0 Å². The molecule has 2 fully saturated rings. The minimum absolute atomic E-state index is 0.00672. The average molecular weight is 288 g/mol. The predicted molar refractivity (Wildman–Crippen MR) is 81.5 cm³/mol. The van der Waals surface area contributed by atoms with E-state index in [1.165, 1.54) is 0 Å². The molecule has 3 amide bonds. The number of urea groups is 1. The summed E-state index contributed by atoms with van der Waals surface area (Å²) in [4.78, 5) is 25.7. The van der Waals surface area contributed by atoms with Crippen molar-refractivity contribution in [3.8, 4) is 0 Å². The monoisotopic (exact) mass is 288 g/mol. The van der Waals surface area contributed by atoms with Crippen LogP contribution in [-0.2, 0) is 4.79 Å². The van der Waals surface area contributed by atoms with Gasteiger partial charge in [0.1, 0.15) is 0 Å². The highest BCUT2D eigenvalue weighted by molar-refractivity contribution is 5.97. The van der Waals surface area contributed by atoms with Crippen LogP contribution >= 0.6 is 0 Å². The molecule has 3 rings (SSSR count). The third-order valence-electron chi connectivity index (χ3n) is 3.88. The first-order valence-corrected chi connectivity index (χ1v) is 7.44. The van der Waals surface area contributed by atoms with Gasteiger partial charge in [0.05, 0.1) is 6.04 Å². The van der Waals surface area contributed by atoms with Crippen molar-refractivity contribution in [3.05, 3.63) is 24.3 Å². The summed E-state index contributed by atoms with van der Waals surface area (Å²) in [6.07, 6.45) is 2.83. The van der Waals surface area contributed by atoms with Crippen molar-refractivity contribution in [1.82, 2.24) is 10.6 Å². The van der Waals surface area contributed by atoms with E-state index in [-0.39, 0.29) is 18.0 Å². The van der Waals surface area contributed by atoms with Crippen LogP contribution in [0.5, 0.6) is 0 Å². The second kappa shape index (κ2) is 6.13. The smallest absolute Gasteiger partial charge is 0.321 e. The van der Waals surface area contributed by atoms with Crippen LogP contribution < -0.4 is 20.9 Å². The summed E-state index contributed by atoms with van der Waals surface area (Å²) in [5, 5.41) is 8.92. The number of rotatable bonds is 3. The molecule has 0 spiro atoms. The van der Waals surface area contributed by atoms with Gasteiger partial charge in [-0.25, -0.2) is 4.79 Å². The molecule has 0 bridgehead atoms. The van der Waals surface area contributed by atoms with E-state index >= 15 is 0 Å². The summed E-state index contributed by atoms with van der Waals surface area (Å²) < 4.78 is 0. The maximum atomic E-state index is 12.1. The number of hydrogen-bond donors (Lipinski definition) is 3. The van der Waals surface area contributed by atoms with Gasteiger partial charge in [0.25, 0.3) is 0 Å². The maximum absolute atomic E-state index is 12.1. The van der Waals surface area contributed by atoms with Crippen LogP contribution in [-0.4, -0.2) is 37.6 Å². The molecule has 2 aliphatic heterocycles. The molecule has 6 nitrogen and oxygen atoms in total. The summed E-state index contributed by atoms with van der Waals surface area (Å²) in [5.74, 6) is -0.00672. The van der Waals surface area contributed by atoms with Crippen LogP contribution in [0.4, 0.5) is 16.2 Å². The topological polar surface area (TPSA) is 73.5 Å². The van der Waals surface area contributed by atoms with Gasteiger partial charge < -0.3 is 16.0 Å². The van der Waals surface area contributed by atoms with Crippen LogP contribution in [0, 0.1) is 0 Å². The molecule has 0 aromatic heterocycles. The summed E-state index contributed by atoms with van der Waals surface area (Å²) >= 11 is 0. The Labute approximate surface area is 123 Å². The predicted octanol–water partition coefficient (Wildman–Crippen LogP) is 1.30. The molecular formula is C15H20N4O2. The molecule has 6 heteroatoms. The summed E-state index contributed by atoms with van der Waals surface area (Å²) in [5.41, 5.74) is 1.54. The van der Waals surface area contributed by atoms with Gasteiger partial charge in [0, 0.05) is 24.5 Å². The standard InChI is InChI=1S/C15H20N4O2/c20-14(13-6-2-7-16-13)18-11-4-1-5-12(10-11)19-9-3-8-17-15(19)21/h1,4-5,10,13,16H,2-3,6-9H2,(H,17,21)(H,18,20). The first-order valence-electron chi connectivity index (χ1n) is 7.44. The number of hydrogen-bond acceptors (Lipinski definition) is 3. The zero-order chi connectivity index (χ0) is 14.7. The highest BCUT2D eigenvalue weighted by atomic mass is 16.2. The van der Waals surface area contributed by atoms with Crippen molar-refractivity contribution in [1.29, 1.82) is 0 Å². The van der Waals surface area contributed by atoms with Gasteiger partial charge in [-0.15, -0.1) is 0 Å². The van der Waals surface area contributed by atoms with E-state index in [4.69, 9.17) is 0 Å². The molecule has 0 aliphatic carbocycles. The molecule has 1 atom stereocenters. The fraction of sp³-hybridized carbons (Fsp3) is 0.467. The molecule has 2 saturated heterocycles. The molecule has 1 aromatic rings. The lowest BCUT2D eigenvalue weighted by molar-refractivity contribution is -0.117. The number of carbonyl (C=O) groups is 2. The Kier molecular flexibility index (Phi) is 4.06. The Morgan fingerprint density at radius 2 is 2.19 bits per heavy atom. The zero-order valence-corrected chi connectivity index (χ0v) is 11.9. The van der Waals surface area contributed by atoms with Gasteiger partial charge >= 0.3 is 6.03 Å². The summed E-state index contributed by atoms with van der Waals surface area (Å²) in [6, 6.07) is 7.24. The van der Waals surface area contributed by atoms with E-state index < -0.39 is 0 Å². The molecule has 2 aliphatic rings. The lowest BCUT2D eigenvalue weighted by atomic mass is 10.2. The number of amides is 3.